The van der Waals surface area contributed by atoms with Crippen molar-refractivity contribution in [1.82, 2.24) is 24.7 Å². The van der Waals surface area contributed by atoms with Crippen molar-refractivity contribution in [2.45, 2.75) is 24.4 Å². The Morgan fingerprint density at radius 2 is 2.30 bits per heavy atom. The predicted octanol–water partition coefficient (Wildman–Crippen LogP) is -0.441. The second-order valence-electron chi connectivity index (χ2n) is 3.99. The molecule has 2 aromatic heterocycles. The molecule has 0 aliphatic heterocycles. The number of aromatic nitrogens is 4. The van der Waals surface area contributed by atoms with Crippen molar-refractivity contribution >= 4 is 16.0 Å². The number of aliphatic carboxylic acids is 1. The Morgan fingerprint density at radius 1 is 1.50 bits per heavy atom. The number of hydrogen-bond acceptors (Lipinski definition) is 5. The zero-order chi connectivity index (χ0) is 14.6. The predicted molar refractivity (Wildman–Crippen MR) is 67.1 cm³/mol. The summed E-state index contributed by atoms with van der Waals surface area (Å²) in [6.07, 6.45) is 3.87. The van der Waals surface area contributed by atoms with Crippen LogP contribution in [0.4, 0.5) is 0 Å². The van der Waals surface area contributed by atoms with E-state index in [-0.39, 0.29) is 24.4 Å². The summed E-state index contributed by atoms with van der Waals surface area (Å²) in [7, 11) is -3.68. The fourth-order valence-corrected chi connectivity index (χ4v) is 2.41. The monoisotopic (exact) mass is 299 g/mol. The molecule has 3 N–H and O–H groups in total. The molecule has 0 aliphatic rings. The van der Waals surface area contributed by atoms with Crippen molar-refractivity contribution in [3.05, 3.63) is 30.4 Å². The van der Waals surface area contributed by atoms with Gasteiger partial charge in [-0.2, -0.15) is 10.2 Å². The average Bonchev–Trinajstić information content (AvgIpc) is 3.05. The van der Waals surface area contributed by atoms with E-state index in [2.05, 4.69) is 20.0 Å². The molecule has 0 saturated carbocycles. The zero-order valence-corrected chi connectivity index (χ0v) is 11.2. The van der Waals surface area contributed by atoms with Crippen LogP contribution in [0.15, 0.2) is 29.6 Å². The lowest BCUT2D eigenvalue weighted by molar-refractivity contribution is -0.137. The van der Waals surface area contributed by atoms with Crippen LogP contribution in [-0.2, 0) is 27.9 Å². The molecular weight excluding hydrogens is 286 g/mol. The summed E-state index contributed by atoms with van der Waals surface area (Å²) in [5.74, 6) is -0.970. The molecule has 0 unspecified atom stereocenters. The van der Waals surface area contributed by atoms with E-state index in [4.69, 9.17) is 5.11 Å². The standard InChI is InChI=1S/C10H13N5O4S/c16-10(17)2-4-15-7-9(6-12-15)20(18,19)13-5-8-1-3-11-14-8/h1,3,6-7,13H,2,4-5H2,(H,11,14)(H,16,17). The summed E-state index contributed by atoms with van der Waals surface area (Å²) in [4.78, 5) is 10.4. The molecule has 2 heterocycles. The van der Waals surface area contributed by atoms with Crippen molar-refractivity contribution in [3.63, 3.8) is 0 Å². The highest BCUT2D eigenvalue weighted by Crippen LogP contribution is 2.08. The lowest BCUT2D eigenvalue weighted by Crippen LogP contribution is -2.23. The van der Waals surface area contributed by atoms with Crippen LogP contribution in [0.2, 0.25) is 0 Å². The number of rotatable bonds is 7. The van der Waals surface area contributed by atoms with Gasteiger partial charge in [0.05, 0.1) is 31.4 Å². The van der Waals surface area contributed by atoms with Gasteiger partial charge in [0.1, 0.15) is 4.90 Å². The third-order valence-electron chi connectivity index (χ3n) is 2.49. The van der Waals surface area contributed by atoms with Gasteiger partial charge in [-0.25, -0.2) is 13.1 Å². The summed E-state index contributed by atoms with van der Waals surface area (Å²) >= 11 is 0. The molecule has 0 aromatic carbocycles. The molecule has 0 amide bonds. The molecule has 20 heavy (non-hydrogen) atoms. The lowest BCUT2D eigenvalue weighted by atomic mass is 10.4. The number of sulfonamides is 1. The minimum atomic E-state index is -3.68. The van der Waals surface area contributed by atoms with Crippen LogP contribution < -0.4 is 4.72 Å². The molecule has 0 atom stereocenters. The molecule has 10 heteroatoms. The van der Waals surface area contributed by atoms with Gasteiger partial charge in [-0.15, -0.1) is 0 Å². The number of carboxylic acid groups (broad SMARTS) is 1. The topological polar surface area (TPSA) is 130 Å². The van der Waals surface area contributed by atoms with Crippen molar-refractivity contribution in [1.29, 1.82) is 0 Å². The molecule has 0 fully saturated rings. The smallest absolute Gasteiger partial charge is 0.305 e. The molecule has 0 bridgehead atoms. The zero-order valence-electron chi connectivity index (χ0n) is 10.4. The molecule has 2 rings (SSSR count). The number of hydrogen-bond donors (Lipinski definition) is 3. The fourth-order valence-electron chi connectivity index (χ4n) is 1.46. The second kappa shape index (κ2) is 5.84. The summed E-state index contributed by atoms with van der Waals surface area (Å²) in [5.41, 5.74) is 0.631. The molecule has 0 saturated heterocycles. The summed E-state index contributed by atoms with van der Waals surface area (Å²) in [6, 6.07) is 1.65. The molecular formula is C10H13N5O4S. The van der Waals surface area contributed by atoms with E-state index in [0.717, 1.165) is 0 Å². The normalized spacial score (nSPS) is 11.6. The van der Waals surface area contributed by atoms with E-state index in [9.17, 15) is 13.2 Å². The van der Waals surface area contributed by atoms with E-state index in [1.165, 1.54) is 23.3 Å². The first kappa shape index (κ1) is 14.2. The van der Waals surface area contributed by atoms with Crippen LogP contribution in [-0.4, -0.2) is 39.5 Å². The van der Waals surface area contributed by atoms with Gasteiger partial charge >= 0.3 is 5.97 Å². The number of nitrogens with zero attached hydrogens (tertiary/aromatic N) is 3. The number of carboxylic acids is 1. The minimum absolute atomic E-state index is 0.0117. The van der Waals surface area contributed by atoms with Crippen LogP contribution in [0.25, 0.3) is 0 Å². The van der Waals surface area contributed by atoms with Crippen LogP contribution in [0.1, 0.15) is 12.1 Å². The molecule has 0 radical (unpaired) electrons. The first-order chi connectivity index (χ1) is 9.47. The van der Waals surface area contributed by atoms with Gasteiger partial charge in [0.25, 0.3) is 0 Å². The minimum Gasteiger partial charge on any atom is -0.481 e. The van der Waals surface area contributed by atoms with Crippen molar-refractivity contribution in [2.24, 2.45) is 0 Å². The maximum atomic E-state index is 12.0. The third kappa shape index (κ3) is 3.65. The summed E-state index contributed by atoms with van der Waals surface area (Å²) < 4.78 is 27.6. The SMILES string of the molecule is O=C(O)CCn1cc(S(=O)(=O)NCc2ccn[nH]2)cn1. The number of carbonyl (C=O) groups is 1. The Morgan fingerprint density at radius 3 is 2.95 bits per heavy atom. The Balaban J connectivity index is 2.00. The Kier molecular flexibility index (Phi) is 4.15. The van der Waals surface area contributed by atoms with Crippen LogP contribution in [0, 0.1) is 0 Å². The molecule has 108 valence electrons. The Labute approximate surface area is 114 Å². The van der Waals surface area contributed by atoms with Gasteiger partial charge < -0.3 is 5.11 Å². The number of aromatic amines is 1. The van der Waals surface area contributed by atoms with Crippen LogP contribution >= 0.6 is 0 Å². The lowest BCUT2D eigenvalue weighted by Gasteiger charge is -2.02. The first-order valence-corrected chi connectivity index (χ1v) is 7.18. The van der Waals surface area contributed by atoms with Crippen LogP contribution in [0.5, 0.6) is 0 Å². The van der Waals surface area contributed by atoms with Gasteiger partial charge in [0.2, 0.25) is 10.0 Å². The van der Waals surface area contributed by atoms with Crippen molar-refractivity contribution < 1.29 is 18.3 Å². The second-order valence-corrected chi connectivity index (χ2v) is 5.76. The van der Waals surface area contributed by atoms with E-state index < -0.39 is 16.0 Å². The highest BCUT2D eigenvalue weighted by atomic mass is 32.2. The largest absolute Gasteiger partial charge is 0.481 e. The van der Waals surface area contributed by atoms with E-state index >= 15 is 0 Å². The van der Waals surface area contributed by atoms with E-state index in [1.54, 1.807) is 6.07 Å². The fraction of sp³-hybridized carbons (Fsp3) is 0.300. The van der Waals surface area contributed by atoms with Gasteiger partial charge in [-0.3, -0.25) is 14.6 Å². The Hall–Kier alpha value is -2.20. The van der Waals surface area contributed by atoms with E-state index in [0.29, 0.717) is 5.69 Å². The third-order valence-corrected chi connectivity index (χ3v) is 3.84. The summed E-state index contributed by atoms with van der Waals surface area (Å²) in [6.45, 7) is 0.202. The maximum absolute atomic E-state index is 12.0. The number of H-pyrrole nitrogens is 1. The quantitative estimate of drug-likeness (QED) is 0.635. The molecule has 2 aromatic rings. The maximum Gasteiger partial charge on any atom is 0.305 e. The molecule has 0 aliphatic carbocycles. The van der Waals surface area contributed by atoms with Crippen molar-refractivity contribution in [3.8, 4) is 0 Å². The van der Waals surface area contributed by atoms with Gasteiger partial charge in [0, 0.05) is 12.4 Å². The number of nitrogens with one attached hydrogen (secondary N) is 2. The highest BCUT2D eigenvalue weighted by Gasteiger charge is 2.16. The highest BCUT2D eigenvalue weighted by molar-refractivity contribution is 7.89. The first-order valence-electron chi connectivity index (χ1n) is 5.69. The average molecular weight is 299 g/mol. The van der Waals surface area contributed by atoms with Crippen molar-refractivity contribution in [2.75, 3.05) is 0 Å². The number of aryl methyl sites for hydroxylation is 1. The van der Waals surface area contributed by atoms with Gasteiger partial charge in [0.15, 0.2) is 0 Å². The van der Waals surface area contributed by atoms with E-state index in [1.807, 2.05) is 0 Å². The Bertz CT molecular complexity index is 676. The summed E-state index contributed by atoms with van der Waals surface area (Å²) in [5, 5.41) is 18.7. The van der Waals surface area contributed by atoms with Crippen LogP contribution in [0.3, 0.4) is 0 Å². The molecule has 0 spiro atoms. The molecule has 9 nitrogen and oxygen atoms in total. The van der Waals surface area contributed by atoms with Gasteiger partial charge in [-0.05, 0) is 6.07 Å². The van der Waals surface area contributed by atoms with Gasteiger partial charge in [-0.1, -0.05) is 0 Å².